The van der Waals surface area contributed by atoms with Gasteiger partial charge < -0.3 is 10.8 Å². The summed E-state index contributed by atoms with van der Waals surface area (Å²) in [7, 11) is -4.05. The van der Waals surface area contributed by atoms with Crippen LogP contribution in [0.5, 0.6) is 0 Å². The fourth-order valence-electron chi connectivity index (χ4n) is 2.41. The summed E-state index contributed by atoms with van der Waals surface area (Å²) in [6, 6.07) is 3.46. The van der Waals surface area contributed by atoms with Gasteiger partial charge in [-0.05, 0) is 31.9 Å². The average Bonchev–Trinajstić information content (AvgIpc) is 2.37. The van der Waals surface area contributed by atoms with Crippen molar-refractivity contribution in [2.75, 3.05) is 18.8 Å². The Morgan fingerprint density at radius 2 is 2.14 bits per heavy atom. The van der Waals surface area contributed by atoms with Crippen molar-refractivity contribution in [3.05, 3.63) is 28.3 Å². The third kappa shape index (κ3) is 3.14. The molecule has 0 radical (unpaired) electrons. The van der Waals surface area contributed by atoms with Crippen molar-refractivity contribution in [3.8, 4) is 0 Å². The van der Waals surface area contributed by atoms with Crippen LogP contribution >= 0.6 is 0 Å². The molecule has 1 fully saturated rings. The van der Waals surface area contributed by atoms with Crippen LogP contribution in [-0.4, -0.2) is 41.4 Å². The fraction of sp³-hybridized carbons (Fsp3) is 0.500. The lowest BCUT2D eigenvalue weighted by Gasteiger charge is -2.35. The quantitative estimate of drug-likeness (QED) is 0.480. The van der Waals surface area contributed by atoms with Crippen molar-refractivity contribution in [1.82, 2.24) is 4.31 Å². The van der Waals surface area contributed by atoms with Gasteiger partial charge in [0.05, 0.1) is 10.5 Å². The zero-order valence-corrected chi connectivity index (χ0v) is 12.3. The number of hydrogen-bond donors (Lipinski definition) is 2. The molecule has 0 aliphatic carbocycles. The zero-order valence-electron chi connectivity index (χ0n) is 11.5. The molecule has 1 aliphatic heterocycles. The monoisotopic (exact) mass is 315 g/mol. The van der Waals surface area contributed by atoms with Gasteiger partial charge in [-0.15, -0.1) is 0 Å². The number of sulfonamides is 1. The van der Waals surface area contributed by atoms with E-state index >= 15 is 0 Å². The third-order valence-electron chi connectivity index (χ3n) is 3.44. The van der Waals surface area contributed by atoms with E-state index in [1.165, 1.54) is 6.07 Å². The molecule has 1 aliphatic rings. The molecule has 1 atom stereocenters. The van der Waals surface area contributed by atoms with Crippen LogP contribution < -0.4 is 5.73 Å². The van der Waals surface area contributed by atoms with E-state index in [1.54, 1.807) is 6.92 Å². The maximum absolute atomic E-state index is 12.6. The number of piperidine rings is 1. The predicted molar refractivity (Wildman–Crippen MR) is 76.1 cm³/mol. The molecular weight excluding hydrogens is 298 g/mol. The molecule has 0 saturated carbocycles. The first-order valence-corrected chi connectivity index (χ1v) is 7.84. The van der Waals surface area contributed by atoms with E-state index in [-0.39, 0.29) is 18.8 Å². The van der Waals surface area contributed by atoms with Crippen molar-refractivity contribution < 1.29 is 18.4 Å². The van der Waals surface area contributed by atoms with Gasteiger partial charge in [-0.3, -0.25) is 10.1 Å². The molecule has 0 amide bonds. The number of nitro groups is 1. The highest BCUT2D eigenvalue weighted by molar-refractivity contribution is 7.89. The van der Waals surface area contributed by atoms with Crippen LogP contribution in [0.2, 0.25) is 0 Å². The lowest BCUT2D eigenvalue weighted by atomic mass is 9.97. The molecule has 116 valence electrons. The molecular formula is C12H17N3O5S. The molecule has 0 spiro atoms. The van der Waals surface area contributed by atoms with Crippen LogP contribution in [0, 0.1) is 10.1 Å². The van der Waals surface area contributed by atoms with Gasteiger partial charge >= 0.3 is 0 Å². The smallest absolute Gasteiger partial charge is 0.291 e. The molecule has 0 aromatic heterocycles. The highest BCUT2D eigenvalue weighted by atomic mass is 32.2. The SMILES string of the molecule is CC1(O)CCCN(S(=O)(=O)c2ccc(N)cc2[N+](=O)[O-])C1. The number of nitrogen functional groups attached to an aromatic ring is 1. The van der Waals surface area contributed by atoms with Crippen LogP contribution in [-0.2, 0) is 10.0 Å². The van der Waals surface area contributed by atoms with Gasteiger partial charge in [-0.1, -0.05) is 0 Å². The molecule has 9 heteroatoms. The largest absolute Gasteiger partial charge is 0.399 e. The lowest BCUT2D eigenvalue weighted by Crippen LogP contribution is -2.48. The number of hydrogen-bond acceptors (Lipinski definition) is 6. The Bertz CT molecular complexity index is 671. The maximum atomic E-state index is 12.6. The minimum Gasteiger partial charge on any atom is -0.399 e. The van der Waals surface area contributed by atoms with E-state index in [1.807, 2.05) is 0 Å². The van der Waals surface area contributed by atoms with E-state index < -0.39 is 31.1 Å². The minimum absolute atomic E-state index is 0.0864. The molecule has 2 rings (SSSR count). The standard InChI is InChI=1S/C12H17N3O5S/c1-12(16)5-2-6-14(8-12)21(19,20)11-4-3-9(13)7-10(11)15(17)18/h3-4,7,16H,2,5-6,8,13H2,1H3. The van der Waals surface area contributed by atoms with Gasteiger partial charge in [0.25, 0.3) is 5.69 Å². The second-order valence-electron chi connectivity index (χ2n) is 5.42. The van der Waals surface area contributed by atoms with E-state index in [2.05, 4.69) is 0 Å². The van der Waals surface area contributed by atoms with Crippen molar-refractivity contribution >= 4 is 21.4 Å². The Labute approximate surface area is 122 Å². The number of nitrogens with zero attached hydrogens (tertiary/aromatic N) is 2. The summed E-state index contributed by atoms with van der Waals surface area (Å²) in [6.07, 6.45) is 0.984. The van der Waals surface area contributed by atoms with Crippen molar-refractivity contribution in [2.45, 2.75) is 30.3 Å². The first kappa shape index (κ1) is 15.7. The van der Waals surface area contributed by atoms with E-state index in [4.69, 9.17) is 5.73 Å². The summed E-state index contributed by atoms with van der Waals surface area (Å²) >= 11 is 0. The highest BCUT2D eigenvalue weighted by Gasteiger charge is 2.38. The van der Waals surface area contributed by atoms with Gasteiger partial charge in [0.1, 0.15) is 0 Å². The van der Waals surface area contributed by atoms with Crippen molar-refractivity contribution in [1.29, 1.82) is 0 Å². The molecule has 1 heterocycles. The Morgan fingerprint density at radius 1 is 1.48 bits per heavy atom. The zero-order chi connectivity index (χ0) is 15.8. The van der Waals surface area contributed by atoms with E-state index in [9.17, 15) is 23.6 Å². The van der Waals surface area contributed by atoms with Crippen LogP contribution in [0.1, 0.15) is 19.8 Å². The molecule has 0 bridgehead atoms. The minimum atomic E-state index is -4.05. The molecule has 1 aromatic carbocycles. The number of benzene rings is 1. The van der Waals surface area contributed by atoms with Crippen LogP contribution in [0.3, 0.4) is 0 Å². The van der Waals surface area contributed by atoms with E-state index in [0.29, 0.717) is 12.8 Å². The second kappa shape index (κ2) is 5.24. The molecule has 21 heavy (non-hydrogen) atoms. The first-order valence-electron chi connectivity index (χ1n) is 6.40. The Hall–Kier alpha value is -1.71. The number of nitro benzene ring substituents is 1. The van der Waals surface area contributed by atoms with Crippen molar-refractivity contribution in [3.63, 3.8) is 0 Å². The number of β-amino-alcohol motifs (C(OH)–C–C–N with tert-alkyl or cyclic N) is 1. The van der Waals surface area contributed by atoms with Gasteiger partial charge in [-0.2, -0.15) is 4.31 Å². The van der Waals surface area contributed by atoms with Gasteiger partial charge in [-0.25, -0.2) is 8.42 Å². The van der Waals surface area contributed by atoms with Gasteiger partial charge in [0, 0.05) is 24.8 Å². The Balaban J connectivity index is 2.47. The normalized spacial score (nSPS) is 23.9. The van der Waals surface area contributed by atoms with Gasteiger partial charge in [0.15, 0.2) is 4.90 Å². The molecule has 1 unspecified atom stereocenters. The van der Waals surface area contributed by atoms with Crippen LogP contribution in [0.25, 0.3) is 0 Å². The Kier molecular flexibility index (Phi) is 3.91. The summed E-state index contributed by atoms with van der Waals surface area (Å²) in [5.74, 6) is 0. The maximum Gasteiger partial charge on any atom is 0.291 e. The second-order valence-corrected chi connectivity index (χ2v) is 7.33. The number of nitrogens with two attached hydrogens (primary N) is 1. The average molecular weight is 315 g/mol. The molecule has 8 nitrogen and oxygen atoms in total. The van der Waals surface area contributed by atoms with Crippen molar-refractivity contribution in [2.24, 2.45) is 0 Å². The molecule has 1 saturated heterocycles. The summed E-state index contributed by atoms with van der Waals surface area (Å²) in [5, 5.41) is 21.1. The highest BCUT2D eigenvalue weighted by Crippen LogP contribution is 2.31. The lowest BCUT2D eigenvalue weighted by molar-refractivity contribution is -0.387. The fourth-order valence-corrected chi connectivity index (χ4v) is 4.15. The number of rotatable bonds is 3. The van der Waals surface area contributed by atoms with Crippen LogP contribution in [0.15, 0.2) is 23.1 Å². The van der Waals surface area contributed by atoms with Gasteiger partial charge in [0.2, 0.25) is 10.0 Å². The number of anilines is 1. The topological polar surface area (TPSA) is 127 Å². The summed E-state index contributed by atoms with van der Waals surface area (Å²) in [5.41, 5.74) is 3.91. The molecule has 3 N–H and O–H groups in total. The summed E-state index contributed by atoms with van der Waals surface area (Å²) < 4.78 is 26.2. The first-order chi connectivity index (χ1) is 9.63. The summed E-state index contributed by atoms with van der Waals surface area (Å²) in [6.45, 7) is 1.68. The number of aliphatic hydroxyl groups is 1. The summed E-state index contributed by atoms with van der Waals surface area (Å²) in [4.78, 5) is 9.87. The predicted octanol–water partition coefficient (Wildman–Crippen LogP) is 0.713. The third-order valence-corrected chi connectivity index (χ3v) is 5.33. The van der Waals surface area contributed by atoms with Crippen LogP contribution in [0.4, 0.5) is 11.4 Å². The Morgan fingerprint density at radius 3 is 2.71 bits per heavy atom. The van der Waals surface area contributed by atoms with E-state index in [0.717, 1.165) is 16.4 Å². The molecule has 1 aromatic rings.